The molecule has 5 rings (SSSR count). The van der Waals surface area contributed by atoms with E-state index in [0.29, 0.717) is 35.3 Å². The molecule has 0 saturated carbocycles. The zero-order valence-electron chi connectivity index (χ0n) is 17.3. The summed E-state index contributed by atoms with van der Waals surface area (Å²) >= 11 is 6.21. The molecule has 7 heteroatoms. The van der Waals surface area contributed by atoms with Crippen molar-refractivity contribution in [2.45, 2.75) is 12.8 Å². The Hall–Kier alpha value is -2.88. The molecule has 0 N–H and O–H groups in total. The first-order valence-corrected chi connectivity index (χ1v) is 11.1. The minimum Gasteiger partial charge on any atom is -0.485 e. The number of ether oxygens (including phenoxy) is 2. The normalized spacial score (nSPS) is 16.5. The number of nitrogens with zero attached hydrogens (tertiary/aromatic N) is 3. The SMILES string of the molecule is N#Cc1ccc(N2CCN(CCCc3coc4c(Cl)cccc34)CC2)c2c1OCCO2. The predicted octanol–water partition coefficient (Wildman–Crippen LogP) is 4.48. The minimum absolute atomic E-state index is 0.483. The van der Waals surface area contributed by atoms with Gasteiger partial charge in [-0.3, -0.25) is 4.90 Å². The molecule has 31 heavy (non-hydrogen) atoms. The van der Waals surface area contributed by atoms with Crippen LogP contribution in [0.5, 0.6) is 11.5 Å². The van der Waals surface area contributed by atoms with Gasteiger partial charge in [0.15, 0.2) is 17.1 Å². The third-order valence-electron chi connectivity index (χ3n) is 6.05. The average molecular weight is 438 g/mol. The van der Waals surface area contributed by atoms with Gasteiger partial charge in [0.05, 0.1) is 22.5 Å². The maximum Gasteiger partial charge on any atom is 0.186 e. The Bertz CT molecular complexity index is 1130. The van der Waals surface area contributed by atoms with Gasteiger partial charge >= 0.3 is 0 Å². The summed E-state index contributed by atoms with van der Waals surface area (Å²) in [6.45, 7) is 5.88. The second-order valence-electron chi connectivity index (χ2n) is 7.91. The summed E-state index contributed by atoms with van der Waals surface area (Å²) < 4.78 is 17.3. The van der Waals surface area contributed by atoms with Crippen molar-refractivity contribution in [2.75, 3.05) is 50.8 Å². The highest BCUT2D eigenvalue weighted by molar-refractivity contribution is 6.34. The molecule has 160 valence electrons. The molecule has 0 spiro atoms. The second kappa shape index (κ2) is 8.70. The first-order valence-electron chi connectivity index (χ1n) is 10.7. The number of halogens is 1. The Morgan fingerprint density at radius 3 is 2.61 bits per heavy atom. The number of fused-ring (bicyclic) bond motifs is 2. The fourth-order valence-corrected chi connectivity index (χ4v) is 4.65. The van der Waals surface area contributed by atoms with Gasteiger partial charge in [0.25, 0.3) is 0 Å². The van der Waals surface area contributed by atoms with E-state index in [-0.39, 0.29) is 0 Å². The molecular weight excluding hydrogens is 414 g/mol. The van der Waals surface area contributed by atoms with Crippen LogP contribution in [0.2, 0.25) is 5.02 Å². The van der Waals surface area contributed by atoms with Crippen LogP contribution in [0.3, 0.4) is 0 Å². The Kier molecular flexibility index (Phi) is 5.63. The summed E-state index contributed by atoms with van der Waals surface area (Å²) in [7, 11) is 0. The van der Waals surface area contributed by atoms with Crippen molar-refractivity contribution in [3.63, 3.8) is 0 Å². The molecule has 2 aliphatic rings. The zero-order valence-corrected chi connectivity index (χ0v) is 18.0. The molecule has 1 aromatic heterocycles. The molecule has 0 amide bonds. The summed E-state index contributed by atoms with van der Waals surface area (Å²) in [5, 5.41) is 11.1. The molecule has 1 saturated heterocycles. The Morgan fingerprint density at radius 1 is 1.00 bits per heavy atom. The predicted molar refractivity (Wildman–Crippen MR) is 120 cm³/mol. The van der Waals surface area contributed by atoms with Gasteiger partial charge in [-0.1, -0.05) is 23.7 Å². The fraction of sp³-hybridized carbons (Fsp3) is 0.375. The number of anilines is 1. The van der Waals surface area contributed by atoms with E-state index in [9.17, 15) is 5.26 Å². The van der Waals surface area contributed by atoms with E-state index in [4.69, 9.17) is 25.5 Å². The van der Waals surface area contributed by atoms with Crippen molar-refractivity contribution in [1.29, 1.82) is 5.26 Å². The summed E-state index contributed by atoms with van der Waals surface area (Å²) in [5.74, 6) is 1.30. The molecule has 2 aromatic carbocycles. The molecule has 2 aliphatic heterocycles. The highest BCUT2D eigenvalue weighted by atomic mass is 35.5. The standard InChI is InChI=1S/C24H24ClN3O3/c25-20-5-1-4-19-18(16-31-23(19)20)3-2-8-27-9-11-28(12-10-27)21-7-6-17(15-26)22-24(21)30-14-13-29-22/h1,4-7,16H,2-3,8-14H2. The minimum atomic E-state index is 0.483. The first kappa shape index (κ1) is 20.0. The van der Waals surface area contributed by atoms with Gasteiger partial charge in [0, 0.05) is 31.6 Å². The van der Waals surface area contributed by atoms with Gasteiger partial charge in [0.1, 0.15) is 19.3 Å². The van der Waals surface area contributed by atoms with Gasteiger partial charge in [-0.25, -0.2) is 0 Å². The lowest BCUT2D eigenvalue weighted by atomic mass is 10.1. The number of hydrogen-bond donors (Lipinski definition) is 0. The van der Waals surface area contributed by atoms with Crippen molar-refractivity contribution in [3.8, 4) is 17.6 Å². The first-order chi connectivity index (χ1) is 15.2. The van der Waals surface area contributed by atoms with Crippen molar-refractivity contribution in [3.05, 3.63) is 52.7 Å². The number of para-hydroxylation sites is 1. The number of benzene rings is 2. The second-order valence-corrected chi connectivity index (χ2v) is 8.32. The largest absolute Gasteiger partial charge is 0.485 e. The lowest BCUT2D eigenvalue weighted by molar-refractivity contribution is 0.171. The summed E-state index contributed by atoms with van der Waals surface area (Å²) in [6.07, 6.45) is 3.89. The summed E-state index contributed by atoms with van der Waals surface area (Å²) in [5.41, 5.74) is 3.56. The fourth-order valence-electron chi connectivity index (χ4n) is 4.43. The third kappa shape index (κ3) is 3.91. The van der Waals surface area contributed by atoms with E-state index in [0.717, 1.165) is 62.2 Å². The summed E-state index contributed by atoms with van der Waals surface area (Å²) in [4.78, 5) is 4.83. The lowest BCUT2D eigenvalue weighted by Crippen LogP contribution is -2.46. The molecule has 3 heterocycles. The van der Waals surface area contributed by atoms with E-state index >= 15 is 0 Å². The van der Waals surface area contributed by atoms with E-state index in [1.165, 1.54) is 5.56 Å². The third-order valence-corrected chi connectivity index (χ3v) is 6.35. The van der Waals surface area contributed by atoms with Crippen LogP contribution in [0.15, 0.2) is 41.0 Å². The van der Waals surface area contributed by atoms with Gasteiger partial charge in [-0.2, -0.15) is 5.26 Å². The quantitative estimate of drug-likeness (QED) is 0.586. The monoisotopic (exact) mass is 437 g/mol. The smallest absolute Gasteiger partial charge is 0.186 e. The molecule has 0 radical (unpaired) electrons. The van der Waals surface area contributed by atoms with Crippen LogP contribution in [0, 0.1) is 11.3 Å². The Balaban J connectivity index is 1.18. The van der Waals surface area contributed by atoms with Crippen LogP contribution in [0.4, 0.5) is 5.69 Å². The maximum atomic E-state index is 9.33. The van der Waals surface area contributed by atoms with E-state index in [2.05, 4.69) is 21.9 Å². The molecule has 6 nitrogen and oxygen atoms in total. The number of aryl methyl sites for hydroxylation is 1. The van der Waals surface area contributed by atoms with Crippen molar-refractivity contribution in [2.24, 2.45) is 0 Å². The van der Waals surface area contributed by atoms with Gasteiger partial charge < -0.3 is 18.8 Å². The molecule has 1 fully saturated rings. The van der Waals surface area contributed by atoms with Crippen LogP contribution >= 0.6 is 11.6 Å². The van der Waals surface area contributed by atoms with E-state index < -0.39 is 0 Å². The molecule has 0 unspecified atom stereocenters. The van der Waals surface area contributed by atoms with Gasteiger partial charge in [-0.15, -0.1) is 0 Å². The molecule has 3 aromatic rings. The molecule has 0 atom stereocenters. The van der Waals surface area contributed by atoms with E-state index in [1.807, 2.05) is 30.5 Å². The maximum absolute atomic E-state index is 9.33. The zero-order chi connectivity index (χ0) is 21.2. The number of furan rings is 1. The Morgan fingerprint density at radius 2 is 1.81 bits per heavy atom. The van der Waals surface area contributed by atoms with Crippen molar-refractivity contribution >= 4 is 28.3 Å². The van der Waals surface area contributed by atoms with Crippen LogP contribution < -0.4 is 14.4 Å². The van der Waals surface area contributed by atoms with Gasteiger partial charge in [-0.05, 0) is 43.1 Å². The van der Waals surface area contributed by atoms with Crippen LogP contribution in [0.1, 0.15) is 17.5 Å². The number of rotatable bonds is 5. The summed E-state index contributed by atoms with van der Waals surface area (Å²) in [6, 6.07) is 11.9. The van der Waals surface area contributed by atoms with Crippen molar-refractivity contribution in [1.82, 2.24) is 4.90 Å². The average Bonchev–Trinajstić information content (AvgIpc) is 3.23. The molecule has 0 bridgehead atoms. The van der Waals surface area contributed by atoms with Crippen molar-refractivity contribution < 1.29 is 13.9 Å². The van der Waals surface area contributed by atoms with Crippen LogP contribution in [0.25, 0.3) is 11.0 Å². The topological polar surface area (TPSA) is 61.9 Å². The van der Waals surface area contributed by atoms with Crippen LogP contribution in [-0.4, -0.2) is 50.8 Å². The molecule has 0 aliphatic carbocycles. The van der Waals surface area contributed by atoms with E-state index in [1.54, 1.807) is 0 Å². The van der Waals surface area contributed by atoms with Gasteiger partial charge in [0.2, 0.25) is 0 Å². The lowest BCUT2D eigenvalue weighted by Gasteiger charge is -2.37. The highest BCUT2D eigenvalue weighted by Crippen LogP contribution is 2.42. The van der Waals surface area contributed by atoms with Crippen LogP contribution in [-0.2, 0) is 6.42 Å². The number of hydrogen-bond acceptors (Lipinski definition) is 6. The Labute approximate surface area is 186 Å². The molecular formula is C24H24ClN3O3. The highest BCUT2D eigenvalue weighted by Gasteiger charge is 2.25. The number of nitriles is 1. The number of piperazine rings is 1.